The topological polar surface area (TPSA) is 0 Å². The van der Waals surface area contributed by atoms with Gasteiger partial charge in [0.15, 0.2) is 0 Å². The molecule has 0 heterocycles. The van der Waals surface area contributed by atoms with Crippen LogP contribution in [0.2, 0.25) is 0 Å². The van der Waals surface area contributed by atoms with Crippen LogP contribution >= 0.6 is 0 Å². The van der Waals surface area contributed by atoms with Crippen LogP contribution in [0.25, 0.3) is 6.08 Å². The molecule has 0 radical (unpaired) electrons. The molecule has 0 atom stereocenters. The van der Waals surface area contributed by atoms with E-state index in [0.29, 0.717) is 10.8 Å². The summed E-state index contributed by atoms with van der Waals surface area (Å²) in [5, 5.41) is 0. The highest BCUT2D eigenvalue weighted by Crippen LogP contribution is 2.46. The molecule has 1 aliphatic carbocycles. The van der Waals surface area contributed by atoms with Gasteiger partial charge in [0.2, 0.25) is 0 Å². The van der Waals surface area contributed by atoms with E-state index < -0.39 is 0 Å². The van der Waals surface area contributed by atoms with Crippen LogP contribution < -0.4 is 0 Å². The third-order valence-corrected chi connectivity index (χ3v) is 4.46. The zero-order chi connectivity index (χ0) is 12.8. The molecule has 1 aliphatic rings. The molecule has 0 N–H and O–H groups in total. The number of fused-ring (bicyclic) bond motifs is 1. The van der Waals surface area contributed by atoms with E-state index in [4.69, 9.17) is 0 Å². The number of hydrogen-bond acceptors (Lipinski definition) is 0. The molecular formula is C17H24. The Kier molecular flexibility index (Phi) is 2.72. The highest BCUT2D eigenvalue weighted by atomic mass is 14.4. The normalized spacial score (nSPS) is 20.8. The zero-order valence-corrected chi connectivity index (χ0v) is 11.9. The van der Waals surface area contributed by atoms with E-state index in [0.717, 1.165) is 0 Å². The molecule has 0 nitrogen and oxygen atoms in total. The predicted molar refractivity (Wildman–Crippen MR) is 76.6 cm³/mol. The van der Waals surface area contributed by atoms with Crippen LogP contribution in [0, 0.1) is 6.92 Å². The Bertz CT molecular complexity index is 461. The van der Waals surface area contributed by atoms with Gasteiger partial charge < -0.3 is 0 Å². The van der Waals surface area contributed by atoms with Crippen LogP contribution in [0.3, 0.4) is 0 Å². The van der Waals surface area contributed by atoms with Gasteiger partial charge in [-0.2, -0.15) is 0 Å². The largest absolute Gasteiger partial charge is 0.0985 e. The second kappa shape index (κ2) is 3.73. The highest BCUT2D eigenvalue weighted by Gasteiger charge is 2.37. The lowest BCUT2D eigenvalue weighted by molar-refractivity contribution is 0.331. The van der Waals surface area contributed by atoms with Crippen molar-refractivity contribution >= 4 is 6.08 Å². The molecule has 0 saturated heterocycles. The van der Waals surface area contributed by atoms with E-state index >= 15 is 0 Å². The van der Waals surface area contributed by atoms with Crippen molar-refractivity contribution in [3.8, 4) is 0 Å². The van der Waals surface area contributed by atoms with E-state index in [1.807, 2.05) is 6.08 Å². The van der Waals surface area contributed by atoms with Crippen molar-refractivity contribution in [2.24, 2.45) is 0 Å². The quantitative estimate of drug-likeness (QED) is 0.635. The average Bonchev–Trinajstić information content (AvgIpc) is 2.24. The standard InChI is InChI=1S/C17H24/c1-7-13-11-15-14(10-12(13)2)16(3,4)8-9-17(15,5)6/h7,10-11H,1,8-9H2,2-6H3. The summed E-state index contributed by atoms with van der Waals surface area (Å²) in [6.45, 7) is 15.6. The summed E-state index contributed by atoms with van der Waals surface area (Å²) < 4.78 is 0. The lowest BCUT2D eigenvalue weighted by Crippen LogP contribution is -2.34. The Morgan fingerprint density at radius 1 is 1.00 bits per heavy atom. The molecule has 2 rings (SSSR count). The lowest BCUT2D eigenvalue weighted by Gasteiger charge is -2.42. The molecule has 0 aliphatic heterocycles. The monoisotopic (exact) mass is 228 g/mol. The van der Waals surface area contributed by atoms with Crippen molar-refractivity contribution in [2.45, 2.75) is 58.3 Å². The molecule has 0 spiro atoms. The van der Waals surface area contributed by atoms with Crippen molar-refractivity contribution in [1.82, 2.24) is 0 Å². The van der Waals surface area contributed by atoms with Gasteiger partial charge in [-0.05, 0) is 52.8 Å². The molecule has 0 saturated carbocycles. The van der Waals surface area contributed by atoms with E-state index in [2.05, 4.69) is 53.3 Å². The van der Waals surface area contributed by atoms with Gasteiger partial charge in [0.25, 0.3) is 0 Å². The SMILES string of the molecule is C=Cc1cc2c(cc1C)C(C)(C)CCC2(C)C. The summed E-state index contributed by atoms with van der Waals surface area (Å²) in [5.74, 6) is 0. The Balaban J connectivity index is 2.72. The number of aryl methyl sites for hydroxylation is 1. The molecule has 0 amide bonds. The van der Waals surface area contributed by atoms with Gasteiger partial charge in [0.05, 0.1) is 0 Å². The maximum absolute atomic E-state index is 3.92. The van der Waals surface area contributed by atoms with E-state index in [-0.39, 0.29) is 0 Å². The number of rotatable bonds is 1. The van der Waals surface area contributed by atoms with Crippen molar-refractivity contribution in [3.05, 3.63) is 41.0 Å². The van der Waals surface area contributed by atoms with Crippen LogP contribution in [-0.2, 0) is 10.8 Å². The summed E-state index contributed by atoms with van der Waals surface area (Å²) in [5.41, 5.74) is 6.32. The molecular weight excluding hydrogens is 204 g/mol. The molecule has 17 heavy (non-hydrogen) atoms. The van der Waals surface area contributed by atoms with E-state index in [9.17, 15) is 0 Å². The molecule has 0 aromatic heterocycles. The first-order chi connectivity index (χ1) is 7.78. The molecule has 0 fully saturated rings. The van der Waals surface area contributed by atoms with Crippen LogP contribution in [0.4, 0.5) is 0 Å². The second-order valence-corrected chi connectivity index (χ2v) is 6.73. The van der Waals surface area contributed by atoms with Crippen molar-refractivity contribution < 1.29 is 0 Å². The first-order valence-electron chi connectivity index (χ1n) is 6.56. The van der Waals surface area contributed by atoms with Gasteiger partial charge in [0.1, 0.15) is 0 Å². The first-order valence-corrected chi connectivity index (χ1v) is 6.56. The fraction of sp³-hybridized carbons (Fsp3) is 0.529. The van der Waals surface area contributed by atoms with Gasteiger partial charge in [-0.25, -0.2) is 0 Å². The Morgan fingerprint density at radius 2 is 1.47 bits per heavy atom. The maximum atomic E-state index is 3.92. The summed E-state index contributed by atoms with van der Waals surface area (Å²) in [4.78, 5) is 0. The third kappa shape index (κ3) is 1.94. The minimum Gasteiger partial charge on any atom is -0.0985 e. The summed E-state index contributed by atoms with van der Waals surface area (Å²) in [6, 6.07) is 4.74. The fourth-order valence-electron chi connectivity index (χ4n) is 2.96. The zero-order valence-electron chi connectivity index (χ0n) is 11.9. The molecule has 92 valence electrons. The van der Waals surface area contributed by atoms with Gasteiger partial charge in [-0.1, -0.05) is 52.5 Å². The Labute approximate surface area is 106 Å². The lowest BCUT2D eigenvalue weighted by atomic mass is 9.62. The first kappa shape index (κ1) is 12.4. The second-order valence-electron chi connectivity index (χ2n) is 6.73. The van der Waals surface area contributed by atoms with Crippen molar-refractivity contribution in [2.75, 3.05) is 0 Å². The molecule has 0 bridgehead atoms. The van der Waals surface area contributed by atoms with Gasteiger partial charge >= 0.3 is 0 Å². The minimum absolute atomic E-state index is 0.302. The smallest absolute Gasteiger partial charge is 0.0100 e. The van der Waals surface area contributed by atoms with Crippen molar-refractivity contribution in [1.29, 1.82) is 0 Å². The van der Waals surface area contributed by atoms with E-state index in [1.54, 1.807) is 0 Å². The van der Waals surface area contributed by atoms with Crippen LogP contribution in [0.1, 0.15) is 62.8 Å². The number of hydrogen-bond donors (Lipinski definition) is 0. The van der Waals surface area contributed by atoms with E-state index in [1.165, 1.54) is 35.1 Å². The average molecular weight is 228 g/mol. The van der Waals surface area contributed by atoms with Gasteiger partial charge in [-0.15, -0.1) is 0 Å². The van der Waals surface area contributed by atoms with Crippen LogP contribution in [0.5, 0.6) is 0 Å². The van der Waals surface area contributed by atoms with Crippen molar-refractivity contribution in [3.63, 3.8) is 0 Å². The molecule has 1 aromatic carbocycles. The van der Waals surface area contributed by atoms with Crippen LogP contribution in [0.15, 0.2) is 18.7 Å². The number of benzene rings is 1. The predicted octanol–water partition coefficient (Wildman–Crippen LogP) is 4.99. The molecule has 0 unspecified atom stereocenters. The van der Waals surface area contributed by atoms with Gasteiger partial charge in [0, 0.05) is 0 Å². The summed E-state index contributed by atoms with van der Waals surface area (Å²) in [6.07, 6.45) is 4.53. The molecule has 0 heteroatoms. The Morgan fingerprint density at radius 3 is 1.94 bits per heavy atom. The maximum Gasteiger partial charge on any atom is -0.0100 e. The summed E-state index contributed by atoms with van der Waals surface area (Å²) in [7, 11) is 0. The minimum atomic E-state index is 0.302. The summed E-state index contributed by atoms with van der Waals surface area (Å²) >= 11 is 0. The Hall–Kier alpha value is -1.04. The molecule has 1 aromatic rings. The third-order valence-electron chi connectivity index (χ3n) is 4.46. The van der Waals surface area contributed by atoms with Crippen LogP contribution in [-0.4, -0.2) is 0 Å². The van der Waals surface area contributed by atoms with Gasteiger partial charge in [-0.3, -0.25) is 0 Å². The fourth-order valence-corrected chi connectivity index (χ4v) is 2.96. The highest BCUT2D eigenvalue weighted by molar-refractivity contribution is 5.57.